The molecule has 8 nitrogen and oxygen atoms in total. The van der Waals surface area contributed by atoms with Gasteiger partial charge in [-0.15, -0.1) is 11.3 Å². The lowest BCUT2D eigenvalue weighted by Crippen LogP contribution is -2.51. The summed E-state index contributed by atoms with van der Waals surface area (Å²) in [5.41, 5.74) is 5.87. The van der Waals surface area contributed by atoms with Crippen LogP contribution in [0.3, 0.4) is 0 Å². The Hall–Kier alpha value is -2.27. The molecule has 4 aliphatic heterocycles. The van der Waals surface area contributed by atoms with Crippen molar-refractivity contribution in [2.24, 2.45) is 0 Å². The molecule has 250 valence electrons. The lowest BCUT2D eigenvalue weighted by molar-refractivity contribution is -0.137. The van der Waals surface area contributed by atoms with Crippen molar-refractivity contribution in [2.45, 2.75) is 83.4 Å². The zero-order valence-corrected chi connectivity index (χ0v) is 29.1. The first-order valence-electron chi connectivity index (χ1n) is 17.6. The van der Waals surface area contributed by atoms with Crippen molar-refractivity contribution >= 4 is 27.5 Å². The molecule has 4 saturated heterocycles. The summed E-state index contributed by atoms with van der Waals surface area (Å²) >= 11 is 1.77. The van der Waals surface area contributed by atoms with Gasteiger partial charge in [-0.3, -0.25) is 14.6 Å². The summed E-state index contributed by atoms with van der Waals surface area (Å²) in [5, 5.41) is 12.0. The van der Waals surface area contributed by atoms with Crippen LogP contribution in [-0.4, -0.2) is 126 Å². The number of aromatic nitrogens is 1. The summed E-state index contributed by atoms with van der Waals surface area (Å²) < 4.78 is 5.46. The van der Waals surface area contributed by atoms with Crippen molar-refractivity contribution < 1.29 is 14.6 Å². The molecule has 0 spiro atoms. The van der Waals surface area contributed by atoms with Gasteiger partial charge in [-0.2, -0.15) is 0 Å². The van der Waals surface area contributed by atoms with Crippen LogP contribution in [0.15, 0.2) is 24.3 Å². The number of hydrogen-bond donors (Lipinski definition) is 2. The van der Waals surface area contributed by atoms with Gasteiger partial charge in [0.25, 0.3) is 0 Å². The van der Waals surface area contributed by atoms with E-state index in [1.807, 2.05) is 0 Å². The monoisotopic (exact) mass is 647 g/mol. The van der Waals surface area contributed by atoms with Crippen molar-refractivity contribution in [1.82, 2.24) is 24.6 Å². The number of morpholine rings is 1. The number of carbonyl (C=O) groups excluding carboxylic acids is 1. The topological polar surface area (TPSA) is 75.3 Å². The average molecular weight is 648 g/mol. The fraction of sp³-hybridized carbons (Fsp3) is 0.649. The molecule has 0 aliphatic carbocycles. The average Bonchev–Trinajstić information content (AvgIpc) is 3.81. The van der Waals surface area contributed by atoms with E-state index < -0.39 is 5.41 Å². The standard InChI is InChI=1S/C37H53N5O3S/c1-25-19-26(2)21-27(20-25)34-31(9-10-39-11-13-40(14-12-39)23-30(43)24-41-15-17-45-18-16-41)32-22-33(46-35(32)38-34)37(3,4)36(44)42-28-5-6-29(42)8-7-28/h19-22,28-30,38,43H,5-18,23-24H2,1-4H3. The second-order valence-electron chi connectivity index (χ2n) is 15.0. The molecule has 4 aliphatic rings. The van der Waals surface area contributed by atoms with E-state index in [9.17, 15) is 9.90 Å². The minimum atomic E-state index is -0.532. The summed E-state index contributed by atoms with van der Waals surface area (Å²) in [6.07, 6.45) is 5.33. The Morgan fingerprint density at radius 2 is 1.50 bits per heavy atom. The van der Waals surface area contributed by atoms with Gasteiger partial charge < -0.3 is 24.6 Å². The number of fused-ring (bicyclic) bond motifs is 3. The lowest BCUT2D eigenvalue weighted by Gasteiger charge is -2.36. The van der Waals surface area contributed by atoms with Gasteiger partial charge in [0.15, 0.2) is 0 Å². The normalized spacial score (nSPS) is 24.0. The number of nitrogens with zero attached hydrogens (tertiary/aromatic N) is 4. The first-order chi connectivity index (χ1) is 22.2. The van der Waals surface area contributed by atoms with E-state index in [1.54, 1.807) is 11.3 Å². The molecule has 9 heteroatoms. The number of hydrogen-bond acceptors (Lipinski definition) is 7. The van der Waals surface area contributed by atoms with Gasteiger partial charge in [0.1, 0.15) is 4.83 Å². The Labute approximate surface area is 278 Å². The summed E-state index contributed by atoms with van der Waals surface area (Å²) in [6, 6.07) is 10.1. The number of nitrogens with one attached hydrogen (secondary N) is 1. The highest BCUT2D eigenvalue weighted by Gasteiger charge is 2.47. The zero-order chi connectivity index (χ0) is 32.0. The lowest BCUT2D eigenvalue weighted by atomic mass is 9.88. The fourth-order valence-electron chi connectivity index (χ4n) is 8.54. The molecule has 46 heavy (non-hydrogen) atoms. The molecule has 1 aromatic carbocycles. The number of thiophene rings is 1. The van der Waals surface area contributed by atoms with Crippen molar-refractivity contribution in [1.29, 1.82) is 0 Å². The third kappa shape index (κ3) is 6.56. The number of ether oxygens (including phenoxy) is 1. The van der Waals surface area contributed by atoms with Gasteiger partial charge in [-0.25, -0.2) is 0 Å². The maximum atomic E-state index is 14.0. The molecule has 4 fully saturated rings. The van der Waals surface area contributed by atoms with Crippen LogP contribution in [0.5, 0.6) is 0 Å². The highest BCUT2D eigenvalue weighted by molar-refractivity contribution is 7.19. The van der Waals surface area contributed by atoms with Crippen LogP contribution in [0.25, 0.3) is 21.5 Å². The molecule has 2 N–H and O–H groups in total. The van der Waals surface area contributed by atoms with Gasteiger partial charge in [-0.05, 0) is 89.1 Å². The van der Waals surface area contributed by atoms with E-state index in [1.165, 1.54) is 68.7 Å². The molecule has 1 atom stereocenters. The minimum absolute atomic E-state index is 0.311. The molecule has 3 aromatic rings. The molecule has 2 aromatic heterocycles. The first-order valence-corrected chi connectivity index (χ1v) is 18.5. The van der Waals surface area contributed by atoms with Crippen molar-refractivity contribution in [3.8, 4) is 11.3 Å². The number of piperazine rings is 1. The van der Waals surface area contributed by atoms with Crippen LogP contribution in [0.2, 0.25) is 0 Å². The highest BCUT2D eigenvalue weighted by Crippen LogP contribution is 2.44. The Morgan fingerprint density at radius 3 is 2.13 bits per heavy atom. The number of benzene rings is 1. The number of amides is 1. The number of carbonyl (C=O) groups is 1. The third-order valence-corrected chi connectivity index (χ3v) is 12.5. The molecule has 1 unspecified atom stereocenters. The van der Waals surface area contributed by atoms with E-state index in [0.717, 1.165) is 78.5 Å². The molecule has 6 heterocycles. The zero-order valence-electron chi connectivity index (χ0n) is 28.3. The number of β-amino-alcohol motifs (C(OH)–C–C–N with tert-alkyl or cyclic N) is 1. The second kappa shape index (κ2) is 13.3. The number of aliphatic hydroxyl groups excluding tert-OH is 1. The van der Waals surface area contributed by atoms with E-state index >= 15 is 0 Å². The van der Waals surface area contributed by atoms with Crippen LogP contribution in [0, 0.1) is 13.8 Å². The number of rotatable bonds is 10. The first kappa shape index (κ1) is 32.3. The molecular weight excluding hydrogens is 595 g/mol. The summed E-state index contributed by atoms with van der Waals surface area (Å²) in [6.45, 7) is 18.5. The maximum Gasteiger partial charge on any atom is 0.233 e. The largest absolute Gasteiger partial charge is 0.390 e. The molecule has 2 bridgehead atoms. The molecule has 0 radical (unpaired) electrons. The van der Waals surface area contributed by atoms with Gasteiger partial charge >= 0.3 is 0 Å². The van der Waals surface area contributed by atoms with E-state index in [2.05, 4.69) is 76.5 Å². The highest BCUT2D eigenvalue weighted by atomic mass is 32.1. The van der Waals surface area contributed by atoms with Crippen LogP contribution in [-0.2, 0) is 21.4 Å². The van der Waals surface area contributed by atoms with Crippen molar-refractivity contribution in [2.75, 3.05) is 72.1 Å². The van der Waals surface area contributed by atoms with E-state index in [-0.39, 0.29) is 6.10 Å². The number of aliphatic hydroxyl groups is 1. The maximum absolute atomic E-state index is 14.0. The molecule has 1 amide bonds. The van der Waals surface area contributed by atoms with Crippen molar-refractivity contribution in [3.05, 3.63) is 45.8 Å². The number of aromatic amines is 1. The molecular formula is C37H53N5O3S. The van der Waals surface area contributed by atoms with Gasteiger partial charge in [0, 0.05) is 81.2 Å². The van der Waals surface area contributed by atoms with E-state index in [0.29, 0.717) is 18.0 Å². The predicted molar refractivity (Wildman–Crippen MR) is 187 cm³/mol. The summed E-state index contributed by atoms with van der Waals surface area (Å²) in [4.78, 5) is 29.8. The number of aryl methyl sites for hydroxylation is 2. The Balaban J connectivity index is 1.06. The Morgan fingerprint density at radius 1 is 0.913 bits per heavy atom. The van der Waals surface area contributed by atoms with Crippen LogP contribution >= 0.6 is 11.3 Å². The quantitative estimate of drug-likeness (QED) is 0.330. The molecule has 0 saturated carbocycles. The summed E-state index contributed by atoms with van der Waals surface area (Å²) in [7, 11) is 0. The van der Waals surface area contributed by atoms with Crippen molar-refractivity contribution in [3.63, 3.8) is 0 Å². The van der Waals surface area contributed by atoms with Gasteiger partial charge in [-0.1, -0.05) is 17.2 Å². The van der Waals surface area contributed by atoms with Gasteiger partial charge in [0.05, 0.1) is 30.4 Å². The molecule has 7 rings (SSSR count). The summed E-state index contributed by atoms with van der Waals surface area (Å²) in [5.74, 6) is 0.311. The third-order valence-electron chi connectivity index (χ3n) is 11.1. The fourth-order valence-corrected chi connectivity index (χ4v) is 9.72. The van der Waals surface area contributed by atoms with Crippen LogP contribution in [0.4, 0.5) is 0 Å². The predicted octanol–water partition coefficient (Wildman–Crippen LogP) is 4.80. The van der Waals surface area contributed by atoms with Gasteiger partial charge in [0.2, 0.25) is 5.91 Å². The smallest absolute Gasteiger partial charge is 0.233 e. The minimum Gasteiger partial charge on any atom is -0.390 e. The number of H-pyrrole nitrogens is 1. The SMILES string of the molecule is Cc1cc(C)cc(-c2[nH]c3sc(C(C)(C)C(=O)N4C5CCC4CC5)cc3c2CCN2CCN(CC(O)CN3CCOCC3)CC2)c1. The van der Waals surface area contributed by atoms with E-state index in [4.69, 9.17) is 4.74 Å². The van der Waals surface area contributed by atoms with Crippen LogP contribution < -0.4 is 0 Å². The Kier molecular flexibility index (Phi) is 9.35. The van der Waals surface area contributed by atoms with Crippen LogP contribution in [0.1, 0.15) is 61.1 Å². The Bertz CT molecular complexity index is 1490. The second-order valence-corrected chi connectivity index (χ2v) is 16.0.